The third kappa shape index (κ3) is 6.62. The minimum Gasteiger partial charge on any atom is -0.481 e. The van der Waals surface area contributed by atoms with Gasteiger partial charge in [-0.1, -0.05) is 25.5 Å². The SMILES string of the molecule is CCCCNC(=O)N(CC)N=C[C@H]1[C@@H](CC=CCCCC(=O)O)[C@H]2CC[C@@H]1O2. The highest BCUT2D eigenvalue weighted by Gasteiger charge is 2.47. The first-order valence-electron chi connectivity index (χ1n) is 10.7. The topological polar surface area (TPSA) is 91.2 Å². The summed E-state index contributed by atoms with van der Waals surface area (Å²) < 4.78 is 6.09. The second-order valence-electron chi connectivity index (χ2n) is 7.59. The summed E-state index contributed by atoms with van der Waals surface area (Å²) in [6, 6.07) is -0.147. The average Bonchev–Trinajstić information content (AvgIpc) is 3.27. The Bertz CT molecular complexity index is 564. The largest absolute Gasteiger partial charge is 0.481 e. The van der Waals surface area contributed by atoms with Gasteiger partial charge in [0.1, 0.15) is 0 Å². The lowest BCUT2D eigenvalue weighted by atomic mass is 9.78. The maximum absolute atomic E-state index is 12.2. The summed E-state index contributed by atoms with van der Waals surface area (Å²) in [6.07, 6.45) is 13.3. The van der Waals surface area contributed by atoms with Crippen molar-refractivity contribution in [1.82, 2.24) is 10.3 Å². The normalized spacial score (nSPS) is 26.4. The van der Waals surface area contributed by atoms with Crippen LogP contribution in [0.2, 0.25) is 0 Å². The Kier molecular flexibility index (Phi) is 9.47. The molecule has 0 spiro atoms. The van der Waals surface area contributed by atoms with Crippen LogP contribution < -0.4 is 5.32 Å². The number of carbonyl (C=O) groups is 2. The van der Waals surface area contributed by atoms with E-state index in [0.29, 0.717) is 25.4 Å². The van der Waals surface area contributed by atoms with E-state index < -0.39 is 5.97 Å². The molecule has 2 rings (SSSR count). The molecule has 2 heterocycles. The van der Waals surface area contributed by atoms with Crippen LogP contribution >= 0.6 is 0 Å². The number of aliphatic carboxylic acids is 1. The van der Waals surface area contributed by atoms with E-state index >= 15 is 0 Å². The molecular weight excluding hydrogens is 358 g/mol. The van der Waals surface area contributed by atoms with Crippen molar-refractivity contribution in [1.29, 1.82) is 0 Å². The first-order valence-corrected chi connectivity index (χ1v) is 10.7. The predicted molar refractivity (Wildman–Crippen MR) is 109 cm³/mol. The summed E-state index contributed by atoms with van der Waals surface area (Å²) in [5, 5.41) is 17.6. The number of amides is 2. The highest BCUT2D eigenvalue weighted by atomic mass is 16.5. The summed E-state index contributed by atoms with van der Waals surface area (Å²) in [6.45, 7) is 5.22. The van der Waals surface area contributed by atoms with E-state index in [2.05, 4.69) is 29.5 Å². The molecule has 0 unspecified atom stereocenters. The molecule has 2 N–H and O–H groups in total. The monoisotopic (exact) mass is 393 g/mol. The van der Waals surface area contributed by atoms with E-state index in [1.54, 1.807) is 0 Å². The molecule has 0 aromatic rings. The third-order valence-corrected chi connectivity index (χ3v) is 5.54. The van der Waals surface area contributed by atoms with Gasteiger partial charge in [-0.05, 0) is 51.4 Å². The molecule has 2 aliphatic heterocycles. The smallest absolute Gasteiger partial charge is 0.337 e. The van der Waals surface area contributed by atoms with Crippen LogP contribution in [-0.4, -0.2) is 53.6 Å². The highest BCUT2D eigenvalue weighted by molar-refractivity contribution is 5.75. The van der Waals surface area contributed by atoms with E-state index in [4.69, 9.17) is 9.84 Å². The van der Waals surface area contributed by atoms with Gasteiger partial charge < -0.3 is 15.2 Å². The van der Waals surface area contributed by atoms with Gasteiger partial charge in [-0.15, -0.1) is 0 Å². The summed E-state index contributed by atoms with van der Waals surface area (Å²) in [5.41, 5.74) is 0. The van der Waals surface area contributed by atoms with Crippen molar-refractivity contribution in [3.05, 3.63) is 12.2 Å². The zero-order valence-electron chi connectivity index (χ0n) is 17.2. The van der Waals surface area contributed by atoms with E-state index in [1.807, 2.05) is 13.1 Å². The number of carbonyl (C=O) groups excluding carboxylic acids is 1. The van der Waals surface area contributed by atoms with E-state index in [0.717, 1.165) is 38.5 Å². The minimum atomic E-state index is -0.745. The standard InChI is InChI=1S/C21H35N3O4/c1-3-5-14-22-21(27)24(4-2)23-15-17-16(18-12-13-19(17)28-18)10-8-6-7-9-11-20(25)26/h6,8,15-19H,3-5,7,9-14H2,1-2H3,(H,22,27)(H,25,26)/t16-,17+,18-,19+/m1/s1. The lowest BCUT2D eigenvalue weighted by Gasteiger charge is -2.25. The quantitative estimate of drug-likeness (QED) is 0.228. The number of carboxylic acids is 1. The molecule has 0 saturated carbocycles. The fraction of sp³-hybridized carbons (Fsp3) is 0.762. The molecule has 28 heavy (non-hydrogen) atoms. The first kappa shape index (κ1) is 22.4. The molecule has 2 bridgehead atoms. The summed E-state index contributed by atoms with van der Waals surface area (Å²) >= 11 is 0. The molecule has 0 aromatic carbocycles. The Morgan fingerprint density at radius 2 is 2.00 bits per heavy atom. The van der Waals surface area contributed by atoms with Crippen LogP contribution in [0.1, 0.15) is 65.2 Å². The molecule has 2 saturated heterocycles. The maximum Gasteiger partial charge on any atom is 0.337 e. The Balaban J connectivity index is 1.86. The van der Waals surface area contributed by atoms with Gasteiger partial charge in [-0.3, -0.25) is 4.79 Å². The molecule has 158 valence electrons. The number of ether oxygens (including phenoxy) is 1. The molecular formula is C21H35N3O4. The van der Waals surface area contributed by atoms with Crippen molar-refractivity contribution < 1.29 is 19.4 Å². The third-order valence-electron chi connectivity index (χ3n) is 5.54. The Morgan fingerprint density at radius 1 is 1.21 bits per heavy atom. The Morgan fingerprint density at radius 3 is 2.71 bits per heavy atom. The van der Waals surface area contributed by atoms with Gasteiger partial charge in [0, 0.05) is 31.6 Å². The molecule has 2 aliphatic rings. The number of carboxylic acid groups (broad SMARTS) is 1. The van der Waals surface area contributed by atoms with Gasteiger partial charge in [-0.25, -0.2) is 9.80 Å². The summed E-state index contributed by atoms with van der Waals surface area (Å²) in [4.78, 5) is 22.8. The molecule has 4 atom stereocenters. The molecule has 2 amide bonds. The number of urea groups is 1. The van der Waals surface area contributed by atoms with Gasteiger partial charge >= 0.3 is 12.0 Å². The number of nitrogens with zero attached hydrogens (tertiary/aromatic N) is 2. The van der Waals surface area contributed by atoms with Crippen LogP contribution in [0.3, 0.4) is 0 Å². The molecule has 2 fully saturated rings. The second kappa shape index (κ2) is 11.8. The number of fused-ring (bicyclic) bond motifs is 2. The fourth-order valence-corrected chi connectivity index (χ4v) is 3.97. The van der Waals surface area contributed by atoms with Crippen molar-refractivity contribution >= 4 is 18.2 Å². The van der Waals surface area contributed by atoms with E-state index in [1.165, 1.54) is 5.01 Å². The van der Waals surface area contributed by atoms with Crippen LogP contribution in [0.25, 0.3) is 0 Å². The van der Waals surface area contributed by atoms with Crippen LogP contribution in [-0.2, 0) is 9.53 Å². The number of hydrogen-bond acceptors (Lipinski definition) is 4. The zero-order chi connectivity index (χ0) is 20.4. The number of allylic oxidation sites excluding steroid dienone is 2. The van der Waals surface area contributed by atoms with Crippen LogP contribution in [0.15, 0.2) is 17.3 Å². The Hall–Kier alpha value is -1.89. The second-order valence-corrected chi connectivity index (χ2v) is 7.59. The molecule has 7 heteroatoms. The van der Waals surface area contributed by atoms with Crippen molar-refractivity contribution in [3.8, 4) is 0 Å². The molecule has 0 aromatic heterocycles. The molecule has 7 nitrogen and oxygen atoms in total. The van der Waals surface area contributed by atoms with Crippen molar-refractivity contribution in [2.45, 2.75) is 77.4 Å². The van der Waals surface area contributed by atoms with Gasteiger partial charge in [0.05, 0.1) is 12.2 Å². The Labute approximate surface area is 168 Å². The maximum atomic E-state index is 12.2. The van der Waals surface area contributed by atoms with Crippen LogP contribution in [0.5, 0.6) is 0 Å². The van der Waals surface area contributed by atoms with Crippen LogP contribution in [0.4, 0.5) is 4.79 Å². The highest BCUT2D eigenvalue weighted by Crippen LogP contribution is 2.44. The predicted octanol–water partition coefficient (Wildman–Crippen LogP) is 3.80. The van der Waals surface area contributed by atoms with Crippen molar-refractivity contribution in [2.75, 3.05) is 13.1 Å². The lowest BCUT2D eigenvalue weighted by Crippen LogP contribution is -2.38. The zero-order valence-corrected chi connectivity index (χ0v) is 17.2. The number of nitrogens with one attached hydrogen (secondary N) is 1. The van der Waals surface area contributed by atoms with E-state index in [9.17, 15) is 9.59 Å². The van der Waals surface area contributed by atoms with Gasteiger partial charge in [0.15, 0.2) is 0 Å². The lowest BCUT2D eigenvalue weighted by molar-refractivity contribution is -0.137. The molecule has 0 radical (unpaired) electrons. The summed E-state index contributed by atoms with van der Waals surface area (Å²) in [5.74, 6) is -0.148. The fourth-order valence-electron chi connectivity index (χ4n) is 3.97. The average molecular weight is 394 g/mol. The van der Waals surface area contributed by atoms with Crippen molar-refractivity contribution in [2.24, 2.45) is 16.9 Å². The number of hydrogen-bond donors (Lipinski definition) is 2. The van der Waals surface area contributed by atoms with Crippen molar-refractivity contribution in [3.63, 3.8) is 0 Å². The number of unbranched alkanes of at least 4 members (excludes halogenated alkanes) is 2. The first-order chi connectivity index (χ1) is 13.6. The summed E-state index contributed by atoms with van der Waals surface area (Å²) in [7, 11) is 0. The van der Waals surface area contributed by atoms with E-state index in [-0.39, 0.29) is 30.6 Å². The van der Waals surface area contributed by atoms with Gasteiger partial charge in [0.2, 0.25) is 0 Å². The van der Waals surface area contributed by atoms with Gasteiger partial charge in [0.25, 0.3) is 0 Å². The number of hydrazone groups is 1. The van der Waals surface area contributed by atoms with Crippen LogP contribution in [0, 0.1) is 11.8 Å². The minimum absolute atomic E-state index is 0.147. The molecule has 0 aliphatic carbocycles. The number of rotatable bonds is 12. The van der Waals surface area contributed by atoms with Gasteiger partial charge in [-0.2, -0.15) is 5.10 Å².